The minimum absolute atomic E-state index is 0.259. The van der Waals surface area contributed by atoms with Crippen molar-refractivity contribution in [1.29, 1.82) is 0 Å². The van der Waals surface area contributed by atoms with Crippen LogP contribution in [0.5, 0.6) is 0 Å². The van der Waals surface area contributed by atoms with Gasteiger partial charge in [-0.25, -0.2) is 4.98 Å². The number of fused-ring (bicyclic) bond motifs is 5. The van der Waals surface area contributed by atoms with Crippen LogP contribution in [0.15, 0.2) is 18.5 Å². The average Bonchev–Trinajstić information content (AvgIpc) is 2.73. The van der Waals surface area contributed by atoms with Crippen molar-refractivity contribution in [1.82, 2.24) is 14.9 Å². The van der Waals surface area contributed by atoms with E-state index in [1.165, 1.54) is 17.5 Å². The first-order valence-corrected chi connectivity index (χ1v) is 7.61. The largest absolute Gasteiger partial charge is 0.334 e. The highest BCUT2D eigenvalue weighted by Gasteiger charge is 2.53. The summed E-state index contributed by atoms with van der Waals surface area (Å²) in [6, 6.07) is 5.30. The van der Waals surface area contributed by atoms with Crippen LogP contribution in [0.25, 0.3) is 11.0 Å². The number of hydrogen-bond acceptors (Lipinski definition) is 2. The van der Waals surface area contributed by atoms with Crippen LogP contribution in [-0.2, 0) is 18.9 Å². The van der Waals surface area contributed by atoms with E-state index in [1.807, 2.05) is 6.33 Å². The summed E-state index contributed by atoms with van der Waals surface area (Å²) in [6.07, 6.45) is 4.27. The first-order chi connectivity index (χ1) is 9.43. The molecule has 20 heavy (non-hydrogen) atoms. The third kappa shape index (κ3) is 1.32. The Balaban J connectivity index is 2.03. The van der Waals surface area contributed by atoms with Crippen LogP contribution in [0.1, 0.15) is 38.3 Å². The second-order valence-electron chi connectivity index (χ2n) is 7.37. The van der Waals surface area contributed by atoms with Crippen LogP contribution >= 0.6 is 0 Å². The zero-order valence-electron chi connectivity index (χ0n) is 12.8. The molecule has 0 radical (unpaired) electrons. The van der Waals surface area contributed by atoms with Gasteiger partial charge in [0.2, 0.25) is 0 Å². The first-order valence-electron chi connectivity index (χ1n) is 7.61. The van der Waals surface area contributed by atoms with Gasteiger partial charge in [-0.15, -0.1) is 0 Å². The first kappa shape index (κ1) is 12.4. The van der Waals surface area contributed by atoms with E-state index in [2.05, 4.69) is 54.8 Å². The smallest absolute Gasteiger partial charge is 0.0955 e. The Hall–Kier alpha value is -1.35. The van der Waals surface area contributed by atoms with E-state index in [0.29, 0.717) is 11.5 Å². The molecule has 1 aromatic carbocycles. The molecule has 3 nitrogen and oxygen atoms in total. The highest BCUT2D eigenvalue weighted by Crippen LogP contribution is 2.54. The molecule has 1 aromatic heterocycles. The van der Waals surface area contributed by atoms with Crippen LogP contribution in [0.3, 0.4) is 0 Å². The fourth-order valence-corrected chi connectivity index (χ4v) is 4.39. The quantitative estimate of drug-likeness (QED) is 0.797. The Kier molecular flexibility index (Phi) is 2.26. The predicted octanol–water partition coefficient (Wildman–Crippen LogP) is 2.78. The highest BCUT2D eigenvalue weighted by atomic mass is 15.0. The van der Waals surface area contributed by atoms with E-state index in [4.69, 9.17) is 0 Å². The van der Waals surface area contributed by atoms with Gasteiger partial charge in [0.25, 0.3) is 0 Å². The maximum atomic E-state index is 4.52. The molecular weight excluding hydrogens is 246 g/mol. The van der Waals surface area contributed by atoms with Crippen molar-refractivity contribution in [2.45, 2.75) is 45.1 Å². The van der Waals surface area contributed by atoms with Crippen molar-refractivity contribution in [2.75, 3.05) is 6.54 Å². The lowest BCUT2D eigenvalue weighted by molar-refractivity contribution is 0.0561. The molecule has 2 bridgehead atoms. The zero-order chi connectivity index (χ0) is 14.1. The number of benzene rings is 1. The molecular formula is C17H23N3. The molecule has 3 heteroatoms. The van der Waals surface area contributed by atoms with E-state index in [9.17, 15) is 0 Å². The van der Waals surface area contributed by atoms with Gasteiger partial charge >= 0.3 is 0 Å². The van der Waals surface area contributed by atoms with Gasteiger partial charge in [0.05, 0.1) is 17.4 Å². The normalized spacial score (nSPS) is 31.3. The molecule has 0 unspecified atom stereocenters. The van der Waals surface area contributed by atoms with Crippen molar-refractivity contribution in [3.05, 3.63) is 29.6 Å². The summed E-state index contributed by atoms with van der Waals surface area (Å²) in [5.41, 5.74) is 6.00. The monoisotopic (exact) mass is 269 g/mol. The fraction of sp³-hybridized carbons (Fsp3) is 0.588. The molecule has 1 saturated heterocycles. The summed E-state index contributed by atoms with van der Waals surface area (Å²) >= 11 is 0. The van der Waals surface area contributed by atoms with Gasteiger partial charge in [0.15, 0.2) is 0 Å². The maximum Gasteiger partial charge on any atom is 0.0955 e. The fourth-order valence-electron chi connectivity index (χ4n) is 4.39. The molecule has 1 N–H and O–H groups in total. The summed E-state index contributed by atoms with van der Waals surface area (Å²) in [7, 11) is 2.09. The van der Waals surface area contributed by atoms with Crippen molar-refractivity contribution in [3.8, 4) is 0 Å². The van der Waals surface area contributed by atoms with Gasteiger partial charge in [0, 0.05) is 18.5 Å². The minimum Gasteiger partial charge on any atom is -0.334 e. The van der Waals surface area contributed by atoms with Crippen LogP contribution in [-0.4, -0.2) is 22.1 Å². The molecule has 106 valence electrons. The number of nitrogens with one attached hydrogen (secondary N) is 1. The van der Waals surface area contributed by atoms with Crippen molar-refractivity contribution in [2.24, 2.45) is 12.5 Å². The van der Waals surface area contributed by atoms with Gasteiger partial charge in [-0.05, 0) is 48.1 Å². The lowest BCUT2D eigenvalue weighted by atomic mass is 9.51. The molecule has 1 fully saturated rings. The Morgan fingerprint density at radius 3 is 2.90 bits per heavy atom. The SMILES string of the molecule is Cn1cnc2cc3c(cc21)[C@]1(C)CCN[C@H](C3)C1(C)C. The zero-order valence-corrected chi connectivity index (χ0v) is 12.8. The molecule has 0 saturated carbocycles. The average molecular weight is 269 g/mol. The third-order valence-electron chi connectivity index (χ3n) is 6.28. The summed E-state index contributed by atoms with van der Waals surface area (Å²) < 4.78 is 2.14. The number of nitrogens with zero attached hydrogens (tertiary/aromatic N) is 2. The van der Waals surface area contributed by atoms with Crippen LogP contribution in [0, 0.1) is 5.41 Å². The maximum absolute atomic E-state index is 4.52. The Bertz CT molecular complexity index is 698. The van der Waals surface area contributed by atoms with Crippen molar-refractivity contribution >= 4 is 11.0 Å². The molecule has 2 heterocycles. The molecule has 4 rings (SSSR count). The van der Waals surface area contributed by atoms with Crippen LogP contribution < -0.4 is 5.32 Å². The number of hydrogen-bond donors (Lipinski definition) is 1. The van der Waals surface area contributed by atoms with E-state index >= 15 is 0 Å². The second kappa shape index (κ2) is 3.64. The highest BCUT2D eigenvalue weighted by molar-refractivity contribution is 5.78. The van der Waals surface area contributed by atoms with E-state index in [-0.39, 0.29) is 5.41 Å². The third-order valence-corrected chi connectivity index (χ3v) is 6.28. The number of rotatable bonds is 0. The number of aryl methyl sites for hydroxylation is 1. The summed E-state index contributed by atoms with van der Waals surface area (Å²) in [6.45, 7) is 8.45. The Labute approximate surface area is 120 Å². The summed E-state index contributed by atoms with van der Waals surface area (Å²) in [5.74, 6) is 0. The predicted molar refractivity (Wildman–Crippen MR) is 82.0 cm³/mol. The van der Waals surface area contributed by atoms with Gasteiger partial charge in [-0.2, -0.15) is 0 Å². The lowest BCUT2D eigenvalue weighted by Gasteiger charge is -2.57. The van der Waals surface area contributed by atoms with Gasteiger partial charge in [0.1, 0.15) is 0 Å². The van der Waals surface area contributed by atoms with Crippen LogP contribution in [0.4, 0.5) is 0 Å². The molecule has 2 atom stereocenters. The topological polar surface area (TPSA) is 29.9 Å². The van der Waals surface area contributed by atoms with E-state index in [0.717, 1.165) is 18.5 Å². The molecule has 0 amide bonds. The molecule has 1 aliphatic carbocycles. The number of imidazole rings is 1. The van der Waals surface area contributed by atoms with Gasteiger partial charge < -0.3 is 9.88 Å². The Morgan fingerprint density at radius 2 is 2.10 bits per heavy atom. The Morgan fingerprint density at radius 1 is 1.30 bits per heavy atom. The van der Waals surface area contributed by atoms with E-state index in [1.54, 1.807) is 5.56 Å². The standard InChI is InChI=1S/C17H23N3/c1-16(2)15-8-11-7-13-14(20(4)10-19-13)9-12(11)17(16,3)5-6-18-15/h7,9-10,15,18H,5-6,8H2,1-4H3/t15-,17+/m1/s1. The molecule has 2 aromatic rings. The molecule has 0 spiro atoms. The molecule has 1 aliphatic heterocycles. The molecule has 2 aliphatic rings. The number of piperidine rings is 1. The number of aromatic nitrogens is 2. The van der Waals surface area contributed by atoms with Gasteiger partial charge in [-0.1, -0.05) is 20.8 Å². The van der Waals surface area contributed by atoms with Gasteiger partial charge in [-0.3, -0.25) is 0 Å². The lowest BCUT2D eigenvalue weighted by Crippen LogP contribution is -2.62. The summed E-state index contributed by atoms with van der Waals surface area (Å²) in [5, 5.41) is 3.73. The van der Waals surface area contributed by atoms with Crippen molar-refractivity contribution < 1.29 is 0 Å². The summed E-state index contributed by atoms with van der Waals surface area (Å²) in [4.78, 5) is 4.52. The second-order valence-corrected chi connectivity index (χ2v) is 7.37. The van der Waals surface area contributed by atoms with Crippen LogP contribution in [0.2, 0.25) is 0 Å². The van der Waals surface area contributed by atoms with E-state index < -0.39 is 0 Å². The minimum atomic E-state index is 0.259. The van der Waals surface area contributed by atoms with Crippen molar-refractivity contribution in [3.63, 3.8) is 0 Å².